The van der Waals surface area contributed by atoms with Crippen LogP contribution >= 0.6 is 0 Å². The lowest BCUT2D eigenvalue weighted by molar-refractivity contribution is -0.127. The van der Waals surface area contributed by atoms with E-state index in [9.17, 15) is 15.0 Å². The van der Waals surface area contributed by atoms with Crippen molar-refractivity contribution in [2.24, 2.45) is 11.7 Å². The summed E-state index contributed by atoms with van der Waals surface area (Å²) in [5.74, 6) is 0.405. The van der Waals surface area contributed by atoms with Gasteiger partial charge in [-0.3, -0.25) is 4.79 Å². The Morgan fingerprint density at radius 2 is 2.05 bits per heavy atom. The second kappa shape index (κ2) is 6.43. The van der Waals surface area contributed by atoms with E-state index in [-0.39, 0.29) is 17.4 Å². The summed E-state index contributed by atoms with van der Waals surface area (Å²) < 4.78 is 0. The standard InChI is InChI=1S/C15H20N2O3/c16-10-11-5-7-17(8-6-11)15(20)4-2-12-1-3-13(18)9-14(12)19/h1-4,9,11,18-19H,5-8,10,16H2/b4-2+. The molecule has 0 unspecified atom stereocenters. The van der Waals surface area contributed by atoms with Crippen LogP contribution in [0.1, 0.15) is 18.4 Å². The maximum absolute atomic E-state index is 12.0. The monoisotopic (exact) mass is 276 g/mol. The molecule has 1 aromatic carbocycles. The van der Waals surface area contributed by atoms with Crippen LogP contribution in [0.4, 0.5) is 0 Å². The number of benzene rings is 1. The van der Waals surface area contributed by atoms with E-state index in [1.54, 1.807) is 17.0 Å². The first-order chi connectivity index (χ1) is 9.60. The summed E-state index contributed by atoms with van der Waals surface area (Å²) in [6, 6.07) is 4.28. The number of phenolic OH excluding ortho intramolecular Hbond substituents is 2. The van der Waals surface area contributed by atoms with Gasteiger partial charge in [-0.05, 0) is 43.5 Å². The van der Waals surface area contributed by atoms with Gasteiger partial charge in [-0.25, -0.2) is 0 Å². The largest absolute Gasteiger partial charge is 0.508 e. The summed E-state index contributed by atoms with van der Waals surface area (Å²) in [6.07, 6.45) is 4.90. The van der Waals surface area contributed by atoms with Crippen LogP contribution in [0.15, 0.2) is 24.3 Å². The molecule has 5 nitrogen and oxygen atoms in total. The number of nitrogens with two attached hydrogens (primary N) is 1. The molecule has 1 amide bonds. The number of nitrogens with zero attached hydrogens (tertiary/aromatic N) is 1. The zero-order valence-corrected chi connectivity index (χ0v) is 11.3. The third kappa shape index (κ3) is 3.51. The van der Waals surface area contributed by atoms with E-state index < -0.39 is 0 Å². The first-order valence-electron chi connectivity index (χ1n) is 6.79. The van der Waals surface area contributed by atoms with Crippen molar-refractivity contribution in [3.8, 4) is 11.5 Å². The molecule has 0 aliphatic carbocycles. The van der Waals surface area contributed by atoms with Crippen molar-refractivity contribution in [3.05, 3.63) is 29.8 Å². The van der Waals surface area contributed by atoms with Gasteiger partial charge in [0.25, 0.3) is 0 Å². The number of phenols is 2. The van der Waals surface area contributed by atoms with Gasteiger partial charge in [0.05, 0.1) is 0 Å². The Labute approximate surface area is 118 Å². The highest BCUT2D eigenvalue weighted by Gasteiger charge is 2.20. The highest BCUT2D eigenvalue weighted by atomic mass is 16.3. The molecule has 0 aromatic heterocycles. The lowest BCUT2D eigenvalue weighted by Crippen LogP contribution is -2.39. The van der Waals surface area contributed by atoms with Crippen LogP contribution in [-0.2, 0) is 4.79 Å². The molecule has 1 aromatic rings. The van der Waals surface area contributed by atoms with Gasteiger partial charge in [-0.1, -0.05) is 0 Å². The van der Waals surface area contributed by atoms with Gasteiger partial charge in [0.15, 0.2) is 0 Å². The molecule has 1 fully saturated rings. The fourth-order valence-corrected chi connectivity index (χ4v) is 2.33. The van der Waals surface area contributed by atoms with E-state index in [2.05, 4.69) is 0 Å². The van der Waals surface area contributed by atoms with Crippen molar-refractivity contribution < 1.29 is 15.0 Å². The molecule has 0 saturated carbocycles. The van der Waals surface area contributed by atoms with Crippen molar-refractivity contribution >= 4 is 12.0 Å². The molecule has 0 radical (unpaired) electrons. The number of amides is 1. The zero-order chi connectivity index (χ0) is 14.5. The van der Waals surface area contributed by atoms with Crippen LogP contribution in [0.5, 0.6) is 11.5 Å². The van der Waals surface area contributed by atoms with Crippen molar-refractivity contribution in [1.82, 2.24) is 4.90 Å². The van der Waals surface area contributed by atoms with E-state index in [4.69, 9.17) is 5.73 Å². The number of carbonyl (C=O) groups excluding carboxylic acids is 1. The number of rotatable bonds is 3. The Bertz CT molecular complexity index is 506. The first kappa shape index (κ1) is 14.4. The number of piperidine rings is 1. The van der Waals surface area contributed by atoms with Gasteiger partial charge in [0.2, 0.25) is 5.91 Å². The summed E-state index contributed by atoms with van der Waals surface area (Å²) in [5, 5.41) is 18.8. The van der Waals surface area contributed by atoms with E-state index >= 15 is 0 Å². The molecule has 4 N–H and O–H groups in total. The van der Waals surface area contributed by atoms with Gasteiger partial charge >= 0.3 is 0 Å². The van der Waals surface area contributed by atoms with Crippen molar-refractivity contribution in [2.75, 3.05) is 19.6 Å². The molecule has 0 spiro atoms. The second-order valence-corrected chi connectivity index (χ2v) is 5.08. The molecule has 20 heavy (non-hydrogen) atoms. The summed E-state index contributed by atoms with van der Waals surface area (Å²) in [5.41, 5.74) is 6.13. The topological polar surface area (TPSA) is 86.8 Å². The molecule has 0 atom stereocenters. The van der Waals surface area contributed by atoms with Crippen LogP contribution in [0.2, 0.25) is 0 Å². The van der Waals surface area contributed by atoms with Crippen molar-refractivity contribution in [1.29, 1.82) is 0 Å². The second-order valence-electron chi connectivity index (χ2n) is 5.08. The van der Waals surface area contributed by atoms with Crippen LogP contribution in [0.25, 0.3) is 6.08 Å². The molecule has 1 heterocycles. The summed E-state index contributed by atoms with van der Waals surface area (Å²) in [6.45, 7) is 2.14. The minimum absolute atomic E-state index is 0.00478. The summed E-state index contributed by atoms with van der Waals surface area (Å²) >= 11 is 0. The average Bonchev–Trinajstić information content (AvgIpc) is 2.46. The lowest BCUT2D eigenvalue weighted by Gasteiger charge is -2.30. The number of carbonyl (C=O) groups is 1. The van der Waals surface area contributed by atoms with E-state index in [1.807, 2.05) is 0 Å². The van der Waals surface area contributed by atoms with Crippen molar-refractivity contribution in [3.63, 3.8) is 0 Å². The molecular weight excluding hydrogens is 256 g/mol. The van der Waals surface area contributed by atoms with E-state index in [0.717, 1.165) is 25.9 Å². The number of hydrogen-bond acceptors (Lipinski definition) is 4. The molecule has 1 saturated heterocycles. The zero-order valence-electron chi connectivity index (χ0n) is 11.3. The average molecular weight is 276 g/mol. The minimum atomic E-state index is -0.0621. The van der Waals surface area contributed by atoms with Gasteiger partial charge in [0, 0.05) is 30.8 Å². The SMILES string of the molecule is NCC1CCN(C(=O)/C=C/c2ccc(O)cc2O)CC1. The Hall–Kier alpha value is -2.01. The number of likely N-dealkylation sites (tertiary alicyclic amines) is 1. The number of aromatic hydroxyl groups is 2. The van der Waals surface area contributed by atoms with Crippen LogP contribution in [0, 0.1) is 5.92 Å². The van der Waals surface area contributed by atoms with E-state index in [1.165, 1.54) is 18.2 Å². The molecule has 108 valence electrons. The first-order valence-corrected chi connectivity index (χ1v) is 6.79. The quantitative estimate of drug-likeness (QED) is 0.726. The maximum atomic E-state index is 12.0. The van der Waals surface area contributed by atoms with Crippen LogP contribution in [-0.4, -0.2) is 40.7 Å². The summed E-state index contributed by atoms with van der Waals surface area (Å²) in [7, 11) is 0. The smallest absolute Gasteiger partial charge is 0.246 e. The molecule has 5 heteroatoms. The van der Waals surface area contributed by atoms with Gasteiger partial charge in [-0.15, -0.1) is 0 Å². The van der Waals surface area contributed by atoms with Gasteiger partial charge < -0.3 is 20.8 Å². The van der Waals surface area contributed by atoms with Crippen molar-refractivity contribution in [2.45, 2.75) is 12.8 Å². The predicted octanol–water partition coefficient (Wildman–Crippen LogP) is 1.31. The van der Waals surface area contributed by atoms with Gasteiger partial charge in [0.1, 0.15) is 11.5 Å². The Morgan fingerprint density at radius 1 is 1.35 bits per heavy atom. The lowest BCUT2D eigenvalue weighted by atomic mass is 9.97. The highest BCUT2D eigenvalue weighted by molar-refractivity contribution is 5.92. The predicted molar refractivity (Wildman–Crippen MR) is 77.2 cm³/mol. The van der Waals surface area contributed by atoms with E-state index in [0.29, 0.717) is 18.0 Å². The molecular formula is C15H20N2O3. The molecule has 0 bridgehead atoms. The third-order valence-corrected chi connectivity index (χ3v) is 3.68. The summed E-state index contributed by atoms with van der Waals surface area (Å²) in [4.78, 5) is 13.8. The normalized spacial score (nSPS) is 16.8. The fourth-order valence-electron chi connectivity index (χ4n) is 2.33. The molecule has 1 aliphatic rings. The van der Waals surface area contributed by atoms with Crippen LogP contribution in [0.3, 0.4) is 0 Å². The number of hydrogen-bond donors (Lipinski definition) is 3. The Kier molecular flexibility index (Phi) is 4.63. The molecule has 1 aliphatic heterocycles. The minimum Gasteiger partial charge on any atom is -0.508 e. The maximum Gasteiger partial charge on any atom is 0.246 e. The Morgan fingerprint density at radius 3 is 2.65 bits per heavy atom. The Balaban J connectivity index is 1.96. The highest BCUT2D eigenvalue weighted by Crippen LogP contribution is 2.24. The van der Waals surface area contributed by atoms with Gasteiger partial charge in [-0.2, -0.15) is 0 Å². The fraction of sp³-hybridized carbons (Fsp3) is 0.400. The van der Waals surface area contributed by atoms with Crippen LogP contribution < -0.4 is 5.73 Å². The third-order valence-electron chi connectivity index (χ3n) is 3.68. The molecule has 2 rings (SSSR count).